The number of sulfonamides is 1. The molecule has 0 aliphatic heterocycles. The van der Waals surface area contributed by atoms with Crippen molar-refractivity contribution in [2.45, 2.75) is 26.7 Å². The van der Waals surface area contributed by atoms with Gasteiger partial charge in [-0.15, -0.1) is 0 Å². The first-order valence-corrected chi connectivity index (χ1v) is 6.83. The van der Waals surface area contributed by atoms with Crippen LogP contribution >= 0.6 is 0 Å². The van der Waals surface area contributed by atoms with Crippen molar-refractivity contribution in [3.63, 3.8) is 0 Å². The Morgan fingerprint density at radius 2 is 2.06 bits per heavy atom. The molecule has 0 aromatic carbocycles. The Balaban J connectivity index is 2.66. The van der Waals surface area contributed by atoms with Gasteiger partial charge in [0.05, 0.1) is 22.8 Å². The van der Waals surface area contributed by atoms with Crippen LogP contribution in [-0.4, -0.2) is 30.9 Å². The van der Waals surface area contributed by atoms with Gasteiger partial charge in [0.1, 0.15) is 0 Å². The van der Waals surface area contributed by atoms with Crippen LogP contribution in [0.15, 0.2) is 0 Å². The quantitative estimate of drug-likeness (QED) is 0.636. The van der Waals surface area contributed by atoms with Crippen molar-refractivity contribution in [2.24, 2.45) is 5.73 Å². The van der Waals surface area contributed by atoms with E-state index < -0.39 is 10.0 Å². The minimum atomic E-state index is -3.29. The van der Waals surface area contributed by atoms with Crippen molar-refractivity contribution in [2.75, 3.05) is 17.0 Å². The summed E-state index contributed by atoms with van der Waals surface area (Å²) in [4.78, 5) is 0. The van der Waals surface area contributed by atoms with Gasteiger partial charge in [-0.1, -0.05) is 0 Å². The summed E-state index contributed by atoms with van der Waals surface area (Å²) in [5.74, 6) is 0.0915. The van der Waals surface area contributed by atoms with Crippen LogP contribution in [0.4, 0.5) is 5.69 Å². The van der Waals surface area contributed by atoms with E-state index in [1.165, 1.54) is 0 Å². The van der Waals surface area contributed by atoms with Gasteiger partial charge in [-0.3, -0.25) is 9.82 Å². The maximum Gasteiger partial charge on any atom is 0.232 e. The lowest BCUT2D eigenvalue weighted by Crippen LogP contribution is -2.18. The van der Waals surface area contributed by atoms with Crippen LogP contribution in [0.3, 0.4) is 0 Å². The fourth-order valence-electron chi connectivity index (χ4n) is 1.34. The van der Waals surface area contributed by atoms with Gasteiger partial charge >= 0.3 is 0 Å². The molecule has 0 radical (unpaired) electrons. The Morgan fingerprint density at radius 1 is 1.38 bits per heavy atom. The number of hydrogen-bond donors (Lipinski definition) is 3. The van der Waals surface area contributed by atoms with Crippen molar-refractivity contribution >= 4 is 15.7 Å². The number of nitrogens with two attached hydrogens (primary N) is 1. The molecule has 0 saturated carbocycles. The van der Waals surface area contributed by atoms with Gasteiger partial charge in [-0.2, -0.15) is 5.10 Å². The smallest absolute Gasteiger partial charge is 0.232 e. The molecule has 1 aromatic heterocycles. The third-order valence-corrected chi connectivity index (χ3v) is 3.59. The summed E-state index contributed by atoms with van der Waals surface area (Å²) >= 11 is 0. The molecule has 0 atom stereocenters. The van der Waals surface area contributed by atoms with Gasteiger partial charge in [0.15, 0.2) is 0 Å². The molecule has 1 rings (SSSR count). The van der Waals surface area contributed by atoms with Crippen LogP contribution in [0.5, 0.6) is 0 Å². The van der Waals surface area contributed by atoms with Crippen molar-refractivity contribution < 1.29 is 8.42 Å². The average Bonchev–Trinajstić information content (AvgIpc) is 2.49. The highest BCUT2D eigenvalue weighted by molar-refractivity contribution is 7.92. The Labute approximate surface area is 95.7 Å². The lowest BCUT2D eigenvalue weighted by Gasteiger charge is -2.07. The zero-order valence-corrected chi connectivity index (χ0v) is 10.4. The summed E-state index contributed by atoms with van der Waals surface area (Å²) < 4.78 is 25.9. The molecule has 0 bridgehead atoms. The van der Waals surface area contributed by atoms with Crippen LogP contribution in [0.25, 0.3) is 0 Å². The van der Waals surface area contributed by atoms with E-state index in [-0.39, 0.29) is 5.75 Å². The number of unbranched alkanes of at least 4 members (excludes halogenated alkanes) is 1. The minimum absolute atomic E-state index is 0.0915. The summed E-state index contributed by atoms with van der Waals surface area (Å²) in [5, 5.41) is 6.65. The fourth-order valence-corrected chi connectivity index (χ4v) is 2.64. The highest BCUT2D eigenvalue weighted by Crippen LogP contribution is 2.17. The lowest BCUT2D eigenvalue weighted by atomic mass is 10.3. The topological polar surface area (TPSA) is 101 Å². The number of H-pyrrole nitrogens is 1. The number of nitrogens with one attached hydrogen (secondary N) is 2. The summed E-state index contributed by atoms with van der Waals surface area (Å²) in [7, 11) is -3.29. The highest BCUT2D eigenvalue weighted by atomic mass is 32.2. The van der Waals surface area contributed by atoms with Gasteiger partial charge in [0, 0.05) is 0 Å². The maximum absolute atomic E-state index is 11.7. The van der Waals surface area contributed by atoms with Crippen LogP contribution in [0.1, 0.15) is 24.2 Å². The monoisotopic (exact) mass is 246 g/mol. The largest absolute Gasteiger partial charge is 0.330 e. The first-order valence-electron chi connectivity index (χ1n) is 5.18. The summed E-state index contributed by atoms with van der Waals surface area (Å²) in [6.45, 7) is 4.04. The third-order valence-electron chi connectivity index (χ3n) is 2.25. The molecule has 6 nitrogen and oxygen atoms in total. The Hall–Kier alpha value is -1.08. The second kappa shape index (κ2) is 5.31. The standard InChI is InChI=1S/C9H18N4O2S/c1-7-9(8(2)12-11-7)13-16(14,15)6-4-3-5-10/h13H,3-6,10H2,1-2H3,(H,11,12). The molecule has 1 heterocycles. The summed E-state index contributed by atoms with van der Waals surface area (Å²) in [6.07, 6.45) is 1.28. The molecule has 0 unspecified atom stereocenters. The maximum atomic E-state index is 11.7. The fraction of sp³-hybridized carbons (Fsp3) is 0.667. The summed E-state index contributed by atoms with van der Waals surface area (Å²) in [6, 6.07) is 0. The second-order valence-electron chi connectivity index (χ2n) is 3.73. The molecule has 0 spiro atoms. The highest BCUT2D eigenvalue weighted by Gasteiger charge is 2.14. The summed E-state index contributed by atoms with van der Waals surface area (Å²) in [5.41, 5.74) is 7.24. The number of rotatable bonds is 6. The first-order chi connectivity index (χ1) is 7.46. The molecule has 4 N–H and O–H groups in total. The predicted molar refractivity (Wildman–Crippen MR) is 63.8 cm³/mol. The van der Waals surface area contributed by atoms with E-state index in [4.69, 9.17) is 5.73 Å². The minimum Gasteiger partial charge on any atom is -0.330 e. The third kappa shape index (κ3) is 3.49. The molecule has 1 aromatic rings. The molecule has 16 heavy (non-hydrogen) atoms. The van der Waals surface area contributed by atoms with E-state index >= 15 is 0 Å². The van der Waals surface area contributed by atoms with E-state index in [2.05, 4.69) is 14.9 Å². The number of anilines is 1. The number of hydrogen-bond acceptors (Lipinski definition) is 4. The molecular formula is C9H18N4O2S. The van der Waals surface area contributed by atoms with Gasteiger partial charge in [0.25, 0.3) is 0 Å². The van der Waals surface area contributed by atoms with Crippen LogP contribution in [0, 0.1) is 13.8 Å². The van der Waals surface area contributed by atoms with Gasteiger partial charge in [0.2, 0.25) is 10.0 Å². The Kier molecular flexibility index (Phi) is 4.31. The zero-order valence-electron chi connectivity index (χ0n) is 9.58. The van der Waals surface area contributed by atoms with E-state index in [1.54, 1.807) is 13.8 Å². The number of aryl methyl sites for hydroxylation is 2. The van der Waals surface area contributed by atoms with Gasteiger partial charge in [-0.25, -0.2) is 8.42 Å². The average molecular weight is 246 g/mol. The number of nitrogens with zero attached hydrogens (tertiary/aromatic N) is 1. The molecular weight excluding hydrogens is 228 g/mol. The van der Waals surface area contributed by atoms with Gasteiger partial charge in [-0.05, 0) is 33.2 Å². The van der Waals surface area contributed by atoms with Crippen molar-refractivity contribution in [3.05, 3.63) is 11.4 Å². The molecule has 0 fully saturated rings. The van der Waals surface area contributed by atoms with Crippen molar-refractivity contribution in [1.29, 1.82) is 0 Å². The molecule has 0 amide bonds. The Morgan fingerprint density at radius 3 is 2.56 bits per heavy atom. The second-order valence-corrected chi connectivity index (χ2v) is 5.57. The van der Waals surface area contributed by atoms with Gasteiger partial charge < -0.3 is 5.73 Å². The van der Waals surface area contributed by atoms with Crippen molar-refractivity contribution in [3.8, 4) is 0 Å². The molecule has 92 valence electrons. The lowest BCUT2D eigenvalue weighted by molar-refractivity contribution is 0.597. The number of aromatic amines is 1. The molecule has 7 heteroatoms. The SMILES string of the molecule is Cc1n[nH]c(C)c1NS(=O)(=O)CCCCN. The van der Waals surface area contributed by atoms with Crippen LogP contribution in [-0.2, 0) is 10.0 Å². The van der Waals surface area contributed by atoms with E-state index in [0.29, 0.717) is 30.8 Å². The first kappa shape index (κ1) is 13.0. The van der Waals surface area contributed by atoms with E-state index in [9.17, 15) is 8.42 Å². The Bertz CT molecular complexity index is 419. The normalized spacial score (nSPS) is 11.7. The molecule has 0 aliphatic rings. The molecule has 0 aliphatic carbocycles. The molecule has 0 saturated heterocycles. The number of aromatic nitrogens is 2. The van der Waals surface area contributed by atoms with Crippen LogP contribution < -0.4 is 10.5 Å². The van der Waals surface area contributed by atoms with E-state index in [1.807, 2.05) is 0 Å². The zero-order chi connectivity index (χ0) is 12.2. The van der Waals surface area contributed by atoms with Crippen molar-refractivity contribution in [1.82, 2.24) is 10.2 Å². The predicted octanol–water partition coefficient (Wildman–Crippen LogP) is 0.507. The van der Waals surface area contributed by atoms with E-state index in [0.717, 1.165) is 5.69 Å². The van der Waals surface area contributed by atoms with Crippen LogP contribution in [0.2, 0.25) is 0 Å².